The number of hydrogen-bond acceptors (Lipinski definition) is 7. The van der Waals surface area contributed by atoms with Gasteiger partial charge in [0, 0.05) is 51.4 Å². The lowest BCUT2D eigenvalue weighted by Crippen LogP contribution is -2.47. The van der Waals surface area contributed by atoms with Crippen LogP contribution in [0.3, 0.4) is 0 Å². The summed E-state index contributed by atoms with van der Waals surface area (Å²) < 4.78 is 5.93. The van der Waals surface area contributed by atoms with Gasteiger partial charge >= 0.3 is 0 Å². The summed E-state index contributed by atoms with van der Waals surface area (Å²) in [6.45, 7) is 3.95. The SMILES string of the molecule is CN1CCN(C(=O)c2ccc(CSc3nc(-c4ccccc4)cc(N(C)Cc4ccccc4)n3)o2)CC1. The van der Waals surface area contributed by atoms with Gasteiger partial charge in [0.1, 0.15) is 11.6 Å². The van der Waals surface area contributed by atoms with E-state index in [0.717, 1.165) is 55.6 Å². The van der Waals surface area contributed by atoms with Crippen molar-refractivity contribution < 1.29 is 9.21 Å². The van der Waals surface area contributed by atoms with Gasteiger partial charge in [0.15, 0.2) is 10.9 Å². The minimum atomic E-state index is -0.0449. The van der Waals surface area contributed by atoms with Gasteiger partial charge in [-0.25, -0.2) is 9.97 Å². The number of thioether (sulfide) groups is 1. The molecule has 190 valence electrons. The predicted octanol–water partition coefficient (Wildman–Crippen LogP) is 5.05. The number of furan rings is 1. The second-order valence-electron chi connectivity index (χ2n) is 9.25. The summed E-state index contributed by atoms with van der Waals surface area (Å²) in [6, 6.07) is 26.2. The maximum Gasteiger partial charge on any atom is 0.289 e. The van der Waals surface area contributed by atoms with Crippen LogP contribution in [0.5, 0.6) is 0 Å². The summed E-state index contributed by atoms with van der Waals surface area (Å²) in [5.41, 5.74) is 3.13. The fourth-order valence-electron chi connectivity index (χ4n) is 4.24. The summed E-state index contributed by atoms with van der Waals surface area (Å²) in [4.78, 5) is 28.7. The van der Waals surface area contributed by atoms with E-state index < -0.39 is 0 Å². The van der Waals surface area contributed by atoms with Crippen LogP contribution in [0, 0.1) is 0 Å². The molecule has 5 rings (SSSR count). The second-order valence-corrected chi connectivity index (χ2v) is 10.2. The summed E-state index contributed by atoms with van der Waals surface area (Å²) in [5.74, 6) is 2.47. The number of nitrogens with zero attached hydrogens (tertiary/aromatic N) is 5. The Hall–Kier alpha value is -3.62. The Morgan fingerprint density at radius 2 is 1.65 bits per heavy atom. The van der Waals surface area contributed by atoms with Gasteiger partial charge in [-0.15, -0.1) is 0 Å². The van der Waals surface area contributed by atoms with Crippen LogP contribution < -0.4 is 4.90 Å². The predicted molar refractivity (Wildman–Crippen MR) is 148 cm³/mol. The number of anilines is 1. The lowest BCUT2D eigenvalue weighted by atomic mass is 10.1. The van der Waals surface area contributed by atoms with Gasteiger partial charge in [-0.3, -0.25) is 4.79 Å². The number of rotatable bonds is 8. The number of carbonyl (C=O) groups is 1. The Labute approximate surface area is 222 Å². The molecule has 0 N–H and O–H groups in total. The van der Waals surface area contributed by atoms with E-state index in [1.807, 2.05) is 60.5 Å². The highest BCUT2D eigenvalue weighted by atomic mass is 32.2. The lowest BCUT2D eigenvalue weighted by molar-refractivity contribution is 0.0631. The number of hydrogen-bond donors (Lipinski definition) is 0. The molecule has 1 aliphatic heterocycles. The standard InChI is InChI=1S/C29H31N5O2S/c1-32-15-17-34(18-16-32)28(35)26-14-13-24(36-26)21-37-29-30-25(23-11-7-4-8-12-23)19-27(31-29)33(2)20-22-9-5-3-6-10-22/h3-14,19H,15-18,20-21H2,1-2H3. The van der Waals surface area contributed by atoms with E-state index in [-0.39, 0.29) is 5.91 Å². The number of carbonyl (C=O) groups excluding carboxylic acids is 1. The van der Waals surface area contributed by atoms with Crippen molar-refractivity contribution in [2.75, 3.05) is 45.2 Å². The summed E-state index contributed by atoms with van der Waals surface area (Å²) in [7, 11) is 4.12. The maximum atomic E-state index is 12.8. The molecule has 0 unspecified atom stereocenters. The molecule has 0 aliphatic carbocycles. The molecule has 8 heteroatoms. The molecule has 4 aromatic rings. The smallest absolute Gasteiger partial charge is 0.289 e. The molecule has 7 nitrogen and oxygen atoms in total. The first-order valence-electron chi connectivity index (χ1n) is 12.4. The Kier molecular flexibility index (Phi) is 7.87. The van der Waals surface area contributed by atoms with Crippen molar-refractivity contribution >= 4 is 23.5 Å². The Morgan fingerprint density at radius 3 is 2.38 bits per heavy atom. The van der Waals surface area contributed by atoms with Crippen molar-refractivity contribution in [3.8, 4) is 11.3 Å². The summed E-state index contributed by atoms with van der Waals surface area (Å²) in [6.07, 6.45) is 0. The van der Waals surface area contributed by atoms with E-state index in [0.29, 0.717) is 16.7 Å². The molecule has 0 bridgehead atoms. The van der Waals surface area contributed by atoms with E-state index >= 15 is 0 Å². The summed E-state index contributed by atoms with van der Waals surface area (Å²) in [5, 5.41) is 0.666. The Bertz CT molecular complexity index is 1320. The average Bonchev–Trinajstić information content (AvgIpc) is 3.42. The minimum Gasteiger partial charge on any atom is -0.455 e. The van der Waals surface area contributed by atoms with Crippen molar-refractivity contribution in [1.82, 2.24) is 19.8 Å². The van der Waals surface area contributed by atoms with E-state index in [2.05, 4.69) is 41.1 Å². The second kappa shape index (κ2) is 11.6. The molecule has 0 spiro atoms. The van der Waals surface area contributed by atoms with Crippen LogP contribution in [0.15, 0.2) is 88.4 Å². The number of piperazine rings is 1. The molecule has 1 fully saturated rings. The van der Waals surface area contributed by atoms with Crippen molar-refractivity contribution in [3.05, 3.63) is 95.9 Å². The molecule has 1 aliphatic rings. The minimum absolute atomic E-state index is 0.0449. The van der Waals surface area contributed by atoms with Crippen molar-refractivity contribution in [3.63, 3.8) is 0 Å². The molecule has 1 amide bonds. The molecule has 0 atom stereocenters. The van der Waals surface area contributed by atoms with Crippen LogP contribution >= 0.6 is 11.8 Å². The van der Waals surface area contributed by atoms with Crippen molar-refractivity contribution in [1.29, 1.82) is 0 Å². The number of benzene rings is 2. The molecule has 2 aromatic heterocycles. The third kappa shape index (κ3) is 6.39. The highest BCUT2D eigenvalue weighted by Gasteiger charge is 2.23. The molecule has 0 saturated carbocycles. The van der Waals surface area contributed by atoms with E-state index in [1.165, 1.54) is 17.3 Å². The van der Waals surface area contributed by atoms with E-state index in [4.69, 9.17) is 14.4 Å². The van der Waals surface area contributed by atoms with Crippen molar-refractivity contribution in [2.24, 2.45) is 0 Å². The zero-order chi connectivity index (χ0) is 25.6. The van der Waals surface area contributed by atoms with Crippen LogP contribution in [-0.4, -0.2) is 65.9 Å². The molecule has 1 saturated heterocycles. The van der Waals surface area contributed by atoms with Crippen LogP contribution in [0.1, 0.15) is 21.9 Å². The average molecular weight is 514 g/mol. The molecule has 0 radical (unpaired) electrons. The van der Waals surface area contributed by atoms with Gasteiger partial charge in [-0.05, 0) is 24.7 Å². The number of amides is 1. The van der Waals surface area contributed by atoms with Gasteiger partial charge in [-0.2, -0.15) is 0 Å². The first-order chi connectivity index (χ1) is 18.0. The molecular formula is C29H31N5O2S. The van der Waals surface area contributed by atoms with Crippen LogP contribution in [-0.2, 0) is 12.3 Å². The van der Waals surface area contributed by atoms with Crippen molar-refractivity contribution in [2.45, 2.75) is 17.5 Å². The lowest BCUT2D eigenvalue weighted by Gasteiger charge is -2.31. The first-order valence-corrected chi connectivity index (χ1v) is 13.4. The fraction of sp³-hybridized carbons (Fsp3) is 0.276. The molecular weight excluding hydrogens is 482 g/mol. The highest BCUT2D eigenvalue weighted by Crippen LogP contribution is 2.28. The zero-order valence-electron chi connectivity index (χ0n) is 21.2. The molecule has 37 heavy (non-hydrogen) atoms. The van der Waals surface area contributed by atoms with Gasteiger partial charge in [0.2, 0.25) is 0 Å². The fourth-order valence-corrected chi connectivity index (χ4v) is 4.99. The zero-order valence-corrected chi connectivity index (χ0v) is 22.0. The number of aromatic nitrogens is 2. The quantitative estimate of drug-likeness (QED) is 0.241. The van der Waals surface area contributed by atoms with Gasteiger partial charge in [0.05, 0.1) is 11.4 Å². The highest BCUT2D eigenvalue weighted by molar-refractivity contribution is 7.98. The summed E-state index contributed by atoms with van der Waals surface area (Å²) >= 11 is 1.51. The topological polar surface area (TPSA) is 65.7 Å². The van der Waals surface area contributed by atoms with Gasteiger partial charge in [0.25, 0.3) is 5.91 Å². The largest absolute Gasteiger partial charge is 0.455 e. The number of likely N-dealkylation sites (N-methyl/N-ethyl adjacent to an activating group) is 1. The third-order valence-corrected chi connectivity index (χ3v) is 7.29. The normalized spacial score (nSPS) is 14.1. The van der Waals surface area contributed by atoms with Gasteiger partial charge in [-0.1, -0.05) is 72.4 Å². The molecule has 2 aromatic carbocycles. The van der Waals surface area contributed by atoms with E-state index in [9.17, 15) is 4.79 Å². The van der Waals surface area contributed by atoms with Crippen LogP contribution in [0.4, 0.5) is 5.82 Å². The Balaban J connectivity index is 1.32. The van der Waals surface area contributed by atoms with Gasteiger partial charge < -0.3 is 19.1 Å². The first kappa shape index (κ1) is 25.0. The third-order valence-electron chi connectivity index (χ3n) is 6.42. The van der Waals surface area contributed by atoms with Crippen LogP contribution in [0.25, 0.3) is 11.3 Å². The molecule has 3 heterocycles. The monoisotopic (exact) mass is 513 g/mol. The maximum absolute atomic E-state index is 12.8. The van der Waals surface area contributed by atoms with E-state index in [1.54, 1.807) is 6.07 Å². The van der Waals surface area contributed by atoms with Crippen LogP contribution in [0.2, 0.25) is 0 Å². The Morgan fingerprint density at radius 1 is 0.946 bits per heavy atom.